The summed E-state index contributed by atoms with van der Waals surface area (Å²) in [7, 11) is 0. The number of carboxylic acids is 5. The van der Waals surface area contributed by atoms with Crippen LogP contribution in [0.15, 0.2) is 60.8 Å². The summed E-state index contributed by atoms with van der Waals surface area (Å²) >= 11 is 0. The van der Waals surface area contributed by atoms with Gasteiger partial charge in [0.25, 0.3) is 0 Å². The van der Waals surface area contributed by atoms with Gasteiger partial charge in [-0.05, 0) is 0 Å². The lowest BCUT2D eigenvalue weighted by atomic mass is 9.50. The van der Waals surface area contributed by atoms with Crippen LogP contribution in [0.5, 0.6) is 0 Å². The zero-order chi connectivity index (χ0) is 26.6. The standard InChI is InChI=1S/C21H24O13/c22-11-20(12-23,13-24)21(9-4-17(31)32,10-5-18(33)34)19(6-1-14(25)26,7-2-15(27)28)8-3-16(29)30/h1-10,22-24H,11-13H2,(H,25,26)(H,27,28)(H,29,30)(H,31,32)(H,33,34). The molecule has 0 aromatic carbocycles. The monoisotopic (exact) mass is 484 g/mol. The van der Waals surface area contributed by atoms with E-state index in [4.69, 9.17) is 15.3 Å². The molecule has 0 radical (unpaired) electrons. The SMILES string of the molecule is O=C(O)C=CC(C=CC(=O)O)(C=CC(=O)O)C(C=CC(=O)O)(C=CC(=O)O)C(CO)(CO)CO. The molecule has 34 heavy (non-hydrogen) atoms. The van der Waals surface area contributed by atoms with Crippen LogP contribution in [0.1, 0.15) is 0 Å². The van der Waals surface area contributed by atoms with E-state index in [-0.39, 0.29) is 0 Å². The Morgan fingerprint density at radius 3 is 0.912 bits per heavy atom. The fraction of sp³-hybridized carbons (Fsp3) is 0.286. The van der Waals surface area contributed by atoms with Gasteiger partial charge in [-0.3, -0.25) is 0 Å². The van der Waals surface area contributed by atoms with E-state index in [1.807, 2.05) is 0 Å². The second kappa shape index (κ2) is 12.8. The first-order chi connectivity index (χ1) is 15.8. The van der Waals surface area contributed by atoms with Gasteiger partial charge in [-0.2, -0.15) is 0 Å². The summed E-state index contributed by atoms with van der Waals surface area (Å²) in [5, 5.41) is 76.3. The molecule has 0 aromatic heterocycles. The summed E-state index contributed by atoms with van der Waals surface area (Å²) in [6.07, 6.45) is 5.55. The minimum absolute atomic E-state index is 0.411. The minimum atomic E-state index is -2.47. The lowest BCUT2D eigenvalue weighted by molar-refractivity contribution is -0.133. The molecule has 0 aliphatic heterocycles. The van der Waals surface area contributed by atoms with Crippen molar-refractivity contribution in [1.82, 2.24) is 0 Å². The molecule has 0 unspecified atom stereocenters. The number of hydrogen-bond acceptors (Lipinski definition) is 8. The molecule has 8 N–H and O–H groups in total. The maximum absolute atomic E-state index is 11.4. The summed E-state index contributed by atoms with van der Waals surface area (Å²) in [6.45, 7) is -3.55. The Kier molecular flexibility index (Phi) is 11.3. The van der Waals surface area contributed by atoms with Crippen molar-refractivity contribution in [2.45, 2.75) is 0 Å². The molecule has 0 aliphatic carbocycles. The molecular weight excluding hydrogens is 460 g/mol. The van der Waals surface area contributed by atoms with E-state index in [2.05, 4.69) is 0 Å². The van der Waals surface area contributed by atoms with Crippen molar-refractivity contribution in [3.8, 4) is 0 Å². The van der Waals surface area contributed by atoms with Crippen LogP contribution in [0, 0.1) is 16.2 Å². The molecule has 0 bridgehead atoms. The second-order valence-corrected chi connectivity index (χ2v) is 6.91. The smallest absolute Gasteiger partial charge is 0.328 e. The highest BCUT2D eigenvalue weighted by Gasteiger charge is 2.57. The second-order valence-electron chi connectivity index (χ2n) is 6.91. The zero-order valence-electron chi connectivity index (χ0n) is 17.5. The Bertz CT molecular complexity index is 840. The summed E-state index contributed by atoms with van der Waals surface area (Å²) in [5.41, 5.74) is -7.17. The van der Waals surface area contributed by atoms with Gasteiger partial charge in [0.2, 0.25) is 0 Å². The fourth-order valence-electron chi connectivity index (χ4n) is 3.31. The highest BCUT2D eigenvalue weighted by molar-refractivity contribution is 5.84. The van der Waals surface area contributed by atoms with E-state index in [1.54, 1.807) is 0 Å². The predicted molar refractivity (Wildman–Crippen MR) is 112 cm³/mol. The Labute approximate surface area is 192 Å². The van der Waals surface area contributed by atoms with Crippen LogP contribution < -0.4 is 0 Å². The van der Waals surface area contributed by atoms with Crippen molar-refractivity contribution in [2.75, 3.05) is 19.8 Å². The minimum Gasteiger partial charge on any atom is -0.478 e. The van der Waals surface area contributed by atoms with Gasteiger partial charge in [0.1, 0.15) is 0 Å². The summed E-state index contributed by atoms with van der Waals surface area (Å²) in [6, 6.07) is 0. The molecule has 0 spiro atoms. The first kappa shape index (κ1) is 29.9. The van der Waals surface area contributed by atoms with Crippen molar-refractivity contribution >= 4 is 29.8 Å². The molecule has 13 nitrogen and oxygen atoms in total. The van der Waals surface area contributed by atoms with E-state index in [0.717, 1.165) is 0 Å². The zero-order valence-corrected chi connectivity index (χ0v) is 17.5. The van der Waals surface area contributed by atoms with Gasteiger partial charge in [-0.1, -0.05) is 30.4 Å². The predicted octanol–water partition coefficient (Wildman–Crippen LogP) is -0.873. The summed E-state index contributed by atoms with van der Waals surface area (Å²) < 4.78 is 0. The van der Waals surface area contributed by atoms with E-state index < -0.39 is 65.9 Å². The first-order valence-electron chi connectivity index (χ1n) is 9.20. The molecule has 0 aliphatic rings. The molecule has 186 valence electrons. The third-order valence-corrected chi connectivity index (χ3v) is 4.98. The van der Waals surface area contributed by atoms with Crippen LogP contribution in [-0.4, -0.2) is 90.5 Å². The van der Waals surface area contributed by atoms with Crippen molar-refractivity contribution < 1.29 is 64.8 Å². The van der Waals surface area contributed by atoms with Crippen molar-refractivity contribution in [3.05, 3.63) is 60.8 Å². The number of hydrogen-bond donors (Lipinski definition) is 8. The van der Waals surface area contributed by atoms with Crippen LogP contribution in [0.2, 0.25) is 0 Å². The number of aliphatic hydroxyl groups is 3. The van der Waals surface area contributed by atoms with Crippen LogP contribution in [0.4, 0.5) is 0 Å². The third-order valence-electron chi connectivity index (χ3n) is 4.98. The van der Waals surface area contributed by atoms with Crippen LogP contribution in [0.3, 0.4) is 0 Å². The summed E-state index contributed by atoms with van der Waals surface area (Å²) in [5.74, 6) is -8.17. The molecule has 0 saturated carbocycles. The Balaban J connectivity index is 8.26. The van der Waals surface area contributed by atoms with Gasteiger partial charge < -0.3 is 40.9 Å². The van der Waals surface area contributed by atoms with E-state index in [9.17, 15) is 49.5 Å². The Morgan fingerprint density at radius 1 is 0.471 bits per heavy atom. The maximum Gasteiger partial charge on any atom is 0.328 e. The van der Waals surface area contributed by atoms with Gasteiger partial charge in [0, 0.05) is 41.2 Å². The number of rotatable bonds is 15. The largest absolute Gasteiger partial charge is 0.478 e. The van der Waals surface area contributed by atoms with Gasteiger partial charge >= 0.3 is 29.8 Å². The van der Waals surface area contributed by atoms with E-state index in [1.165, 1.54) is 0 Å². The topological polar surface area (TPSA) is 247 Å². The average molecular weight is 484 g/mol. The van der Waals surface area contributed by atoms with Gasteiger partial charge in [-0.25, -0.2) is 24.0 Å². The lowest BCUT2D eigenvalue weighted by Crippen LogP contribution is -2.56. The highest BCUT2D eigenvalue weighted by atomic mass is 16.4. The molecule has 0 aromatic rings. The van der Waals surface area contributed by atoms with Crippen molar-refractivity contribution in [2.24, 2.45) is 16.2 Å². The van der Waals surface area contributed by atoms with Crippen LogP contribution >= 0.6 is 0 Å². The molecule has 0 amide bonds. The van der Waals surface area contributed by atoms with E-state index in [0.29, 0.717) is 60.8 Å². The number of allylic oxidation sites excluding steroid dienone is 5. The van der Waals surface area contributed by atoms with Crippen molar-refractivity contribution in [1.29, 1.82) is 0 Å². The number of aliphatic carboxylic acids is 5. The maximum atomic E-state index is 11.4. The number of carbonyl (C=O) groups is 5. The average Bonchev–Trinajstić information content (AvgIpc) is 2.75. The Hall–Kier alpha value is -4.07. The molecule has 0 saturated heterocycles. The molecule has 13 heteroatoms. The normalized spacial score (nSPS) is 16.3. The molecule has 0 atom stereocenters. The van der Waals surface area contributed by atoms with Gasteiger partial charge in [0.15, 0.2) is 0 Å². The third kappa shape index (κ3) is 7.23. The van der Waals surface area contributed by atoms with E-state index >= 15 is 0 Å². The van der Waals surface area contributed by atoms with Gasteiger partial charge in [-0.15, -0.1) is 0 Å². The Morgan fingerprint density at radius 2 is 0.706 bits per heavy atom. The lowest BCUT2D eigenvalue weighted by Gasteiger charge is -2.53. The molecule has 0 heterocycles. The highest BCUT2D eigenvalue weighted by Crippen LogP contribution is 2.57. The van der Waals surface area contributed by atoms with Crippen LogP contribution in [-0.2, 0) is 24.0 Å². The van der Waals surface area contributed by atoms with Gasteiger partial charge in [0.05, 0.1) is 25.2 Å². The van der Waals surface area contributed by atoms with Crippen molar-refractivity contribution in [3.63, 3.8) is 0 Å². The fourth-order valence-corrected chi connectivity index (χ4v) is 3.31. The van der Waals surface area contributed by atoms with Crippen LogP contribution in [0.25, 0.3) is 0 Å². The number of aliphatic hydroxyl groups excluding tert-OH is 3. The quantitative estimate of drug-likeness (QED) is 0.132. The molecule has 0 rings (SSSR count). The molecular formula is C21H24O13. The molecule has 0 fully saturated rings. The summed E-state index contributed by atoms with van der Waals surface area (Å²) in [4.78, 5) is 56.6. The number of carboxylic acid groups (broad SMARTS) is 5. The first-order valence-corrected chi connectivity index (χ1v) is 9.20.